The lowest BCUT2D eigenvalue weighted by Crippen LogP contribution is -2.19. The summed E-state index contributed by atoms with van der Waals surface area (Å²) in [4.78, 5) is 21.9. The van der Waals surface area contributed by atoms with Gasteiger partial charge in [0.15, 0.2) is 0 Å². The van der Waals surface area contributed by atoms with Gasteiger partial charge < -0.3 is 4.74 Å². The molecule has 0 aromatic carbocycles. The van der Waals surface area contributed by atoms with Gasteiger partial charge in [-0.25, -0.2) is 4.79 Å². The van der Waals surface area contributed by atoms with E-state index >= 15 is 0 Å². The smallest absolute Gasteiger partial charge is 0.374 e. The molecule has 0 N–H and O–H groups in total. The van der Waals surface area contributed by atoms with Crippen LogP contribution in [0.15, 0.2) is 0 Å². The molecule has 0 spiro atoms. The van der Waals surface area contributed by atoms with Crippen molar-refractivity contribution in [2.24, 2.45) is 5.92 Å². The number of carbonyl (C=O) groups is 2. The zero-order valence-corrected chi connectivity index (χ0v) is 7.92. The monoisotopic (exact) mass is 172 g/mol. The summed E-state index contributed by atoms with van der Waals surface area (Å²) in [7, 11) is 0. The predicted molar refractivity (Wildman–Crippen MR) is 45.7 cm³/mol. The molecule has 0 saturated heterocycles. The highest BCUT2D eigenvalue weighted by Gasteiger charge is 2.16. The molecule has 0 rings (SSSR count). The average molecular weight is 172 g/mol. The van der Waals surface area contributed by atoms with Gasteiger partial charge in [-0.15, -0.1) is 0 Å². The van der Waals surface area contributed by atoms with Gasteiger partial charge in [-0.3, -0.25) is 4.79 Å². The molecule has 0 aliphatic carbocycles. The molecule has 0 amide bonds. The van der Waals surface area contributed by atoms with Gasteiger partial charge in [0, 0.05) is 6.42 Å². The maximum Gasteiger partial charge on any atom is 0.374 e. The van der Waals surface area contributed by atoms with Crippen molar-refractivity contribution in [1.82, 2.24) is 0 Å². The van der Waals surface area contributed by atoms with Crippen LogP contribution in [0.4, 0.5) is 0 Å². The number of ether oxygens (including phenoxy) is 1. The first kappa shape index (κ1) is 11.1. The van der Waals surface area contributed by atoms with Crippen LogP contribution in [0.5, 0.6) is 0 Å². The first-order valence-electron chi connectivity index (χ1n) is 4.31. The summed E-state index contributed by atoms with van der Waals surface area (Å²) in [6.07, 6.45) is 1.21. The van der Waals surface area contributed by atoms with Crippen LogP contribution in [0.25, 0.3) is 0 Å². The van der Waals surface area contributed by atoms with Crippen molar-refractivity contribution < 1.29 is 14.3 Å². The van der Waals surface area contributed by atoms with Gasteiger partial charge in [-0.2, -0.15) is 0 Å². The molecule has 0 unspecified atom stereocenters. The Bertz CT molecular complexity index is 163. The second-order valence-corrected chi connectivity index (χ2v) is 2.86. The summed E-state index contributed by atoms with van der Waals surface area (Å²) >= 11 is 0. The minimum Gasteiger partial charge on any atom is -0.460 e. The first-order chi connectivity index (χ1) is 5.61. The van der Waals surface area contributed by atoms with E-state index in [4.69, 9.17) is 0 Å². The van der Waals surface area contributed by atoms with Gasteiger partial charge in [0.25, 0.3) is 0 Å². The summed E-state index contributed by atoms with van der Waals surface area (Å²) in [5, 5.41) is 0. The number of rotatable bonds is 5. The quantitative estimate of drug-likeness (QED) is 0.467. The number of carbonyl (C=O) groups excluding carboxylic acids is 2. The normalized spacial score (nSPS) is 12.2. The number of ketones is 1. The number of hydrogen-bond donors (Lipinski definition) is 0. The van der Waals surface area contributed by atoms with Crippen LogP contribution in [0.3, 0.4) is 0 Å². The Kier molecular flexibility index (Phi) is 5.34. The summed E-state index contributed by atoms with van der Waals surface area (Å²) < 4.78 is 4.56. The molecule has 0 aromatic rings. The minimum absolute atomic E-state index is 0.266. The van der Waals surface area contributed by atoms with Crippen molar-refractivity contribution in [3.8, 4) is 0 Å². The van der Waals surface area contributed by atoms with Gasteiger partial charge in [-0.05, 0) is 12.8 Å². The molecule has 0 radical (unpaired) electrons. The van der Waals surface area contributed by atoms with Gasteiger partial charge in [0.2, 0.25) is 5.78 Å². The van der Waals surface area contributed by atoms with Crippen molar-refractivity contribution in [2.75, 3.05) is 6.61 Å². The largest absolute Gasteiger partial charge is 0.460 e. The molecule has 0 saturated carbocycles. The van der Waals surface area contributed by atoms with Crippen LogP contribution in [-0.4, -0.2) is 18.4 Å². The summed E-state index contributed by atoms with van der Waals surface area (Å²) in [6.45, 7) is 5.89. The van der Waals surface area contributed by atoms with Gasteiger partial charge in [-0.1, -0.05) is 20.3 Å². The highest BCUT2D eigenvalue weighted by atomic mass is 16.5. The Balaban J connectivity index is 3.79. The Morgan fingerprint density at radius 1 is 1.33 bits per heavy atom. The lowest BCUT2D eigenvalue weighted by molar-refractivity contribution is -0.153. The van der Waals surface area contributed by atoms with Gasteiger partial charge in [0.1, 0.15) is 0 Å². The first-order valence-corrected chi connectivity index (χ1v) is 4.31. The Morgan fingerprint density at radius 3 is 2.33 bits per heavy atom. The zero-order chi connectivity index (χ0) is 9.56. The second-order valence-electron chi connectivity index (χ2n) is 2.86. The van der Waals surface area contributed by atoms with E-state index < -0.39 is 11.8 Å². The summed E-state index contributed by atoms with van der Waals surface area (Å²) in [5.74, 6) is -0.842. The minimum atomic E-state index is -0.696. The van der Waals surface area contributed by atoms with E-state index in [1.54, 1.807) is 6.92 Å². The number of hydrogen-bond acceptors (Lipinski definition) is 3. The van der Waals surface area contributed by atoms with Crippen molar-refractivity contribution in [3.63, 3.8) is 0 Å². The van der Waals surface area contributed by atoms with Crippen LogP contribution in [-0.2, 0) is 14.3 Å². The molecule has 70 valence electrons. The van der Waals surface area contributed by atoms with Crippen LogP contribution in [0.2, 0.25) is 0 Å². The topological polar surface area (TPSA) is 43.4 Å². The molecular formula is C9H16O3. The average Bonchev–Trinajstić information content (AvgIpc) is 2.04. The maximum atomic E-state index is 11.0. The molecule has 0 fully saturated rings. The Morgan fingerprint density at radius 2 is 1.92 bits per heavy atom. The molecular weight excluding hydrogens is 156 g/mol. The summed E-state index contributed by atoms with van der Waals surface area (Å²) in [6, 6.07) is 0. The van der Waals surface area contributed by atoms with E-state index in [0.717, 1.165) is 6.42 Å². The van der Waals surface area contributed by atoms with Crippen molar-refractivity contribution in [2.45, 2.75) is 33.6 Å². The predicted octanol–water partition coefficient (Wildman–Crippen LogP) is 1.55. The molecule has 12 heavy (non-hydrogen) atoms. The van der Waals surface area contributed by atoms with E-state index in [2.05, 4.69) is 4.74 Å². The molecule has 1 atom stereocenters. The van der Waals surface area contributed by atoms with E-state index in [9.17, 15) is 9.59 Å². The maximum absolute atomic E-state index is 11.0. The molecule has 0 aromatic heterocycles. The third-order valence-corrected chi connectivity index (χ3v) is 1.73. The van der Waals surface area contributed by atoms with Gasteiger partial charge in [0.05, 0.1) is 6.61 Å². The van der Waals surface area contributed by atoms with Crippen LogP contribution in [0.1, 0.15) is 33.6 Å². The van der Waals surface area contributed by atoms with E-state index in [-0.39, 0.29) is 12.5 Å². The fourth-order valence-electron chi connectivity index (χ4n) is 0.756. The number of esters is 1. The van der Waals surface area contributed by atoms with E-state index in [1.165, 1.54) is 0 Å². The molecule has 3 heteroatoms. The summed E-state index contributed by atoms with van der Waals surface area (Å²) in [5.41, 5.74) is 0. The lowest BCUT2D eigenvalue weighted by Gasteiger charge is -2.05. The third-order valence-electron chi connectivity index (χ3n) is 1.73. The molecule has 0 bridgehead atoms. The number of Topliss-reactive ketones (excluding diaryl/α,β-unsaturated/α-hetero) is 1. The molecule has 0 aliphatic heterocycles. The fourth-order valence-corrected chi connectivity index (χ4v) is 0.756. The lowest BCUT2D eigenvalue weighted by atomic mass is 10.0. The van der Waals surface area contributed by atoms with Crippen molar-refractivity contribution in [3.05, 3.63) is 0 Å². The SMILES string of the molecule is CCOC(=O)C(=O)C[C@@H](C)CC. The molecule has 0 heterocycles. The highest BCUT2D eigenvalue weighted by molar-refractivity contribution is 6.33. The zero-order valence-electron chi connectivity index (χ0n) is 7.92. The van der Waals surface area contributed by atoms with Crippen molar-refractivity contribution in [1.29, 1.82) is 0 Å². The van der Waals surface area contributed by atoms with Crippen molar-refractivity contribution >= 4 is 11.8 Å². The highest BCUT2D eigenvalue weighted by Crippen LogP contribution is 2.07. The molecule has 0 aliphatic rings. The second kappa shape index (κ2) is 5.75. The standard InChI is InChI=1S/C9H16O3/c1-4-7(3)6-8(10)9(11)12-5-2/h7H,4-6H2,1-3H3/t7-/m0/s1. The Labute approximate surface area is 73.1 Å². The van der Waals surface area contributed by atoms with E-state index in [0.29, 0.717) is 6.42 Å². The van der Waals surface area contributed by atoms with Crippen LogP contribution >= 0.6 is 0 Å². The third kappa shape index (κ3) is 4.11. The van der Waals surface area contributed by atoms with Gasteiger partial charge >= 0.3 is 5.97 Å². The molecule has 3 nitrogen and oxygen atoms in total. The van der Waals surface area contributed by atoms with Crippen LogP contribution in [0, 0.1) is 5.92 Å². The fraction of sp³-hybridized carbons (Fsp3) is 0.778. The van der Waals surface area contributed by atoms with E-state index in [1.807, 2.05) is 13.8 Å². The Hall–Kier alpha value is -0.860. The van der Waals surface area contributed by atoms with Crippen LogP contribution < -0.4 is 0 Å².